The van der Waals surface area contributed by atoms with Gasteiger partial charge in [-0.15, -0.1) is 0 Å². The number of unbranched alkanes of at least 4 members (excludes halogenated alkanes) is 6. The van der Waals surface area contributed by atoms with Crippen LogP contribution in [-0.4, -0.2) is 71.4 Å². The maximum absolute atomic E-state index is 13.5. The average molecular weight is 918 g/mol. The van der Waals surface area contributed by atoms with E-state index in [1.807, 2.05) is 57.2 Å². The summed E-state index contributed by atoms with van der Waals surface area (Å²) in [5, 5.41) is 6.41. The van der Waals surface area contributed by atoms with Crippen LogP contribution in [-0.2, 0) is 14.3 Å². The summed E-state index contributed by atoms with van der Waals surface area (Å²) in [6.45, 7) is 26.5. The first kappa shape index (κ1) is 54.1. The van der Waals surface area contributed by atoms with Crippen LogP contribution < -0.4 is 10.6 Å². The van der Waals surface area contributed by atoms with Gasteiger partial charge in [0.1, 0.15) is 11.2 Å². The molecule has 0 unspecified atom stereocenters. The fraction of sp³-hybridized carbons (Fsp3) is 0.906. The number of hydrogen-bond acceptors (Lipinski definition) is 7. The molecule has 0 heterocycles. The average Bonchev–Trinajstić information content (AvgIpc) is 3.55. The minimum atomic E-state index is -0.532. The SMILES string of the molecule is CC(C)CCC[C@@H](C)[C@H]1CC[C@H]2[C@@H]3CC=C4C[C@@H](SSCCCCC(=O)N(CCCCCCCCNC(=O)OC(C)(C)C)CCCNC(=O)OC(C)(C)C)CC[C@]4(C)[C@H]3CC[C@]12C. The number of amides is 3. The molecule has 364 valence electrons. The van der Waals surface area contributed by atoms with Crippen molar-refractivity contribution in [3.63, 3.8) is 0 Å². The second-order valence-corrected chi connectivity index (χ2v) is 26.0. The van der Waals surface area contributed by atoms with Gasteiger partial charge in [-0.25, -0.2) is 9.59 Å². The molecule has 2 N–H and O–H groups in total. The van der Waals surface area contributed by atoms with Crippen LogP contribution in [0.15, 0.2) is 11.6 Å². The van der Waals surface area contributed by atoms with Crippen LogP contribution in [0.2, 0.25) is 0 Å². The quantitative estimate of drug-likeness (QED) is 0.0535. The largest absolute Gasteiger partial charge is 0.444 e. The first-order valence-corrected chi connectivity index (χ1v) is 28.3. The molecule has 10 heteroatoms. The summed E-state index contributed by atoms with van der Waals surface area (Å²) in [5.41, 5.74) is 1.75. The zero-order chi connectivity index (χ0) is 46.3. The highest BCUT2D eigenvalue weighted by Gasteiger charge is 2.59. The molecule has 0 radical (unpaired) electrons. The topological polar surface area (TPSA) is 97.0 Å². The van der Waals surface area contributed by atoms with Crippen LogP contribution in [0, 0.1) is 46.3 Å². The Morgan fingerprint density at radius 2 is 1.38 bits per heavy atom. The van der Waals surface area contributed by atoms with Crippen molar-refractivity contribution in [1.82, 2.24) is 15.5 Å². The fourth-order valence-corrected chi connectivity index (χ4v) is 15.0. The van der Waals surface area contributed by atoms with Crippen molar-refractivity contribution < 1.29 is 23.9 Å². The first-order valence-electron chi connectivity index (χ1n) is 25.9. The van der Waals surface area contributed by atoms with E-state index in [0.29, 0.717) is 48.6 Å². The first-order chi connectivity index (χ1) is 29.7. The monoisotopic (exact) mass is 918 g/mol. The molecule has 4 aliphatic rings. The molecule has 3 saturated carbocycles. The van der Waals surface area contributed by atoms with Gasteiger partial charge in [0.2, 0.25) is 5.91 Å². The molecule has 0 saturated heterocycles. The third-order valence-corrected chi connectivity index (χ3v) is 18.5. The number of carbonyl (C=O) groups is 3. The Morgan fingerprint density at radius 1 is 0.746 bits per heavy atom. The Bertz CT molecular complexity index is 1440. The lowest BCUT2D eigenvalue weighted by atomic mass is 9.47. The van der Waals surface area contributed by atoms with Gasteiger partial charge in [0.15, 0.2) is 0 Å². The Hall–Kier alpha value is -1.55. The van der Waals surface area contributed by atoms with Gasteiger partial charge in [0.25, 0.3) is 0 Å². The van der Waals surface area contributed by atoms with E-state index < -0.39 is 17.3 Å². The lowest BCUT2D eigenvalue weighted by molar-refractivity contribution is -0.131. The van der Waals surface area contributed by atoms with Crippen molar-refractivity contribution in [3.8, 4) is 0 Å². The number of carbonyl (C=O) groups excluding carboxylic acids is 3. The molecule has 0 spiro atoms. The highest BCUT2D eigenvalue weighted by atomic mass is 33.1. The van der Waals surface area contributed by atoms with E-state index in [-0.39, 0.29) is 12.0 Å². The van der Waals surface area contributed by atoms with Crippen molar-refractivity contribution in [2.45, 2.75) is 227 Å². The highest BCUT2D eigenvalue weighted by molar-refractivity contribution is 8.76. The molecule has 0 aromatic heterocycles. The molecule has 8 atom stereocenters. The predicted octanol–water partition coefficient (Wildman–Crippen LogP) is 14.6. The van der Waals surface area contributed by atoms with Gasteiger partial charge < -0.3 is 25.0 Å². The number of alkyl carbamates (subject to hydrolysis) is 2. The zero-order valence-electron chi connectivity index (χ0n) is 42.3. The third-order valence-electron chi connectivity index (χ3n) is 15.5. The molecule has 4 aliphatic carbocycles. The Balaban J connectivity index is 1.15. The van der Waals surface area contributed by atoms with E-state index in [9.17, 15) is 14.4 Å². The fourth-order valence-electron chi connectivity index (χ4n) is 12.2. The summed E-state index contributed by atoms with van der Waals surface area (Å²) >= 11 is 0. The summed E-state index contributed by atoms with van der Waals surface area (Å²) in [6, 6.07) is 0. The van der Waals surface area contributed by atoms with Gasteiger partial charge in [0.05, 0.1) is 0 Å². The van der Waals surface area contributed by atoms with Crippen molar-refractivity contribution >= 4 is 39.7 Å². The summed E-state index contributed by atoms with van der Waals surface area (Å²) < 4.78 is 10.7. The summed E-state index contributed by atoms with van der Waals surface area (Å²) in [7, 11) is 4.17. The number of hydrogen-bond donors (Lipinski definition) is 2. The minimum absolute atomic E-state index is 0.236. The molecule has 4 rings (SSSR count). The van der Waals surface area contributed by atoms with Crippen molar-refractivity contribution in [3.05, 3.63) is 11.6 Å². The molecule has 0 bridgehead atoms. The van der Waals surface area contributed by atoms with Gasteiger partial charge in [-0.2, -0.15) is 0 Å². The van der Waals surface area contributed by atoms with E-state index >= 15 is 0 Å². The van der Waals surface area contributed by atoms with Gasteiger partial charge >= 0.3 is 12.2 Å². The molecule has 0 aliphatic heterocycles. The number of fused-ring (bicyclic) bond motifs is 5. The zero-order valence-corrected chi connectivity index (χ0v) is 43.9. The maximum atomic E-state index is 13.5. The van der Waals surface area contributed by atoms with Crippen LogP contribution >= 0.6 is 21.6 Å². The Morgan fingerprint density at radius 3 is 2.05 bits per heavy atom. The standard InChI is InChI=1S/C53H95N3O5S2/c1-39(2)22-20-23-40(3)44-27-28-45-43-26-25-41-38-42(29-31-52(41,10)46(43)30-32-53(44,45)11)63-62-37-19-16-24-47(57)56(36-21-34-55-49(59)61-51(7,8)9)35-18-15-13-12-14-17-33-54-48(58)60-50(4,5)6/h25,39-40,42-46H,12-24,26-38H2,1-11H3,(H,54,58)(H,55,59)/t40-,42+,43+,44-,45+,46+,52+,53-/m1/s1. The van der Waals surface area contributed by atoms with Crippen LogP contribution in [0.5, 0.6) is 0 Å². The van der Waals surface area contributed by atoms with Crippen molar-refractivity contribution in [1.29, 1.82) is 0 Å². The molecule has 0 aromatic carbocycles. The number of ether oxygens (including phenoxy) is 2. The number of rotatable bonds is 25. The van der Waals surface area contributed by atoms with Crippen LogP contribution in [0.3, 0.4) is 0 Å². The van der Waals surface area contributed by atoms with Crippen LogP contribution in [0.25, 0.3) is 0 Å². The van der Waals surface area contributed by atoms with E-state index in [1.165, 1.54) is 70.6 Å². The van der Waals surface area contributed by atoms with Crippen LogP contribution in [0.4, 0.5) is 9.59 Å². The number of nitrogens with zero attached hydrogens (tertiary/aromatic N) is 1. The molecule has 63 heavy (non-hydrogen) atoms. The molecule has 3 fully saturated rings. The minimum Gasteiger partial charge on any atom is -0.444 e. The van der Waals surface area contributed by atoms with E-state index in [0.717, 1.165) is 99.2 Å². The van der Waals surface area contributed by atoms with Crippen molar-refractivity contribution in [2.24, 2.45) is 46.3 Å². The summed E-state index contributed by atoms with van der Waals surface area (Å²) in [5.74, 6) is 6.67. The molecular formula is C53H95N3O5S2. The maximum Gasteiger partial charge on any atom is 0.407 e. The summed E-state index contributed by atoms with van der Waals surface area (Å²) in [6.07, 6.45) is 26.9. The Labute approximate surface area is 394 Å². The molecule has 3 amide bonds. The van der Waals surface area contributed by atoms with E-state index in [2.05, 4.69) is 62.1 Å². The molecule has 8 nitrogen and oxygen atoms in total. The highest BCUT2D eigenvalue weighted by Crippen LogP contribution is 2.67. The van der Waals surface area contributed by atoms with E-state index in [1.54, 1.807) is 5.57 Å². The van der Waals surface area contributed by atoms with Gasteiger partial charge in [-0.3, -0.25) is 4.79 Å². The normalized spacial score (nSPS) is 27.4. The molecule has 0 aromatic rings. The number of allylic oxidation sites excluding steroid dienone is 2. The second kappa shape index (κ2) is 25.5. The molecular weight excluding hydrogens is 823 g/mol. The van der Waals surface area contributed by atoms with Crippen molar-refractivity contribution in [2.75, 3.05) is 31.9 Å². The van der Waals surface area contributed by atoms with Gasteiger partial charge in [-0.1, -0.05) is 113 Å². The lowest BCUT2D eigenvalue weighted by Crippen LogP contribution is -2.50. The Kier molecular flexibility index (Phi) is 21.9. The van der Waals surface area contributed by atoms with Gasteiger partial charge in [0, 0.05) is 43.6 Å². The number of nitrogens with one attached hydrogen (secondary N) is 2. The smallest absolute Gasteiger partial charge is 0.407 e. The van der Waals surface area contributed by atoms with Gasteiger partial charge in [-0.05, 0) is 171 Å². The van der Waals surface area contributed by atoms with E-state index in [4.69, 9.17) is 9.47 Å². The lowest BCUT2D eigenvalue weighted by Gasteiger charge is -2.58. The van der Waals surface area contributed by atoms with Crippen LogP contribution in [0.1, 0.15) is 211 Å². The summed E-state index contributed by atoms with van der Waals surface area (Å²) in [4.78, 5) is 39.6. The third kappa shape index (κ3) is 17.6. The second-order valence-electron chi connectivity index (χ2n) is 23.2. The predicted molar refractivity (Wildman–Crippen MR) is 268 cm³/mol.